The van der Waals surface area contributed by atoms with Crippen molar-refractivity contribution in [1.29, 1.82) is 0 Å². The number of aromatic nitrogens is 2. The highest BCUT2D eigenvalue weighted by Crippen LogP contribution is 2.11. The Morgan fingerprint density at radius 2 is 2.14 bits per heavy atom. The molecular formula is C13H22N2O6. The molecule has 0 spiro atoms. The number of aliphatic hydroxyl groups excluding tert-OH is 1. The molecule has 8 heteroatoms. The van der Waals surface area contributed by atoms with Crippen molar-refractivity contribution in [3.05, 3.63) is 33.1 Å². The number of methoxy groups -OCH3 is 1. The van der Waals surface area contributed by atoms with Crippen molar-refractivity contribution in [1.82, 2.24) is 9.55 Å². The van der Waals surface area contributed by atoms with Gasteiger partial charge in [0.25, 0.3) is 5.56 Å². The zero-order valence-electron chi connectivity index (χ0n) is 12.3. The molecule has 2 atom stereocenters. The number of hydrogen-bond donors (Lipinski definition) is 2. The summed E-state index contributed by atoms with van der Waals surface area (Å²) in [6.45, 7) is 2.57. The van der Waals surface area contributed by atoms with Crippen LogP contribution in [0.5, 0.6) is 0 Å². The first kappa shape index (κ1) is 17.6. The Bertz CT molecular complexity index is 508. The third kappa shape index (κ3) is 5.80. The Hall–Kier alpha value is -1.48. The zero-order chi connectivity index (χ0) is 15.7. The number of nitrogens with one attached hydrogen (secondary N) is 1. The van der Waals surface area contributed by atoms with Crippen LogP contribution in [0.1, 0.15) is 19.6 Å². The van der Waals surface area contributed by atoms with E-state index >= 15 is 0 Å². The lowest BCUT2D eigenvalue weighted by atomic mass is 10.3. The second-order valence-electron chi connectivity index (χ2n) is 4.39. The maximum absolute atomic E-state index is 11.8. The van der Waals surface area contributed by atoms with E-state index in [1.165, 1.54) is 16.8 Å². The van der Waals surface area contributed by atoms with Gasteiger partial charge in [0, 0.05) is 19.4 Å². The maximum atomic E-state index is 11.8. The van der Waals surface area contributed by atoms with E-state index < -0.39 is 23.6 Å². The van der Waals surface area contributed by atoms with Crippen LogP contribution in [-0.4, -0.2) is 54.3 Å². The van der Waals surface area contributed by atoms with Gasteiger partial charge >= 0.3 is 5.69 Å². The van der Waals surface area contributed by atoms with Gasteiger partial charge in [0.05, 0.1) is 32.5 Å². The molecule has 1 aromatic rings. The summed E-state index contributed by atoms with van der Waals surface area (Å²) in [4.78, 5) is 25.1. The fourth-order valence-corrected chi connectivity index (χ4v) is 1.66. The van der Waals surface area contributed by atoms with Crippen molar-refractivity contribution in [2.75, 3.05) is 33.5 Å². The Labute approximate surface area is 122 Å². The number of ether oxygens (including phenoxy) is 3. The molecule has 0 aliphatic heterocycles. The smallest absolute Gasteiger partial charge is 0.330 e. The molecule has 1 aromatic heterocycles. The maximum Gasteiger partial charge on any atom is 0.330 e. The van der Waals surface area contributed by atoms with E-state index in [1.54, 1.807) is 7.11 Å². The van der Waals surface area contributed by atoms with E-state index in [0.29, 0.717) is 19.6 Å². The van der Waals surface area contributed by atoms with E-state index in [4.69, 9.17) is 14.2 Å². The molecule has 0 saturated heterocycles. The lowest BCUT2D eigenvalue weighted by Crippen LogP contribution is -2.36. The highest BCUT2D eigenvalue weighted by molar-refractivity contribution is 4.84. The molecule has 0 unspecified atom stereocenters. The van der Waals surface area contributed by atoms with Gasteiger partial charge in [-0.3, -0.25) is 14.3 Å². The van der Waals surface area contributed by atoms with Gasteiger partial charge in [-0.25, -0.2) is 4.79 Å². The van der Waals surface area contributed by atoms with Gasteiger partial charge in [0.1, 0.15) is 0 Å². The fraction of sp³-hybridized carbons (Fsp3) is 0.692. The standard InChI is InChI=1S/C13H22N2O6/c1-3-10(8-16)21-12(9-20-7-6-19-2)15-5-4-11(17)14-13(15)18/h4-5,10,12,16H,3,6-9H2,1-2H3,(H,14,17,18)/t10-,12-/m1/s1. The predicted molar refractivity (Wildman–Crippen MR) is 75.3 cm³/mol. The van der Waals surface area contributed by atoms with Gasteiger partial charge in [0.2, 0.25) is 0 Å². The first-order valence-corrected chi connectivity index (χ1v) is 6.76. The van der Waals surface area contributed by atoms with Crippen LogP contribution in [0.25, 0.3) is 0 Å². The monoisotopic (exact) mass is 302 g/mol. The summed E-state index contributed by atoms with van der Waals surface area (Å²) in [5, 5.41) is 9.21. The van der Waals surface area contributed by atoms with Crippen LogP contribution < -0.4 is 11.2 Å². The normalized spacial score (nSPS) is 14.0. The number of rotatable bonds is 10. The molecule has 0 bridgehead atoms. The summed E-state index contributed by atoms with van der Waals surface area (Å²) in [5.74, 6) is 0. The molecule has 120 valence electrons. The van der Waals surface area contributed by atoms with Crippen LogP contribution >= 0.6 is 0 Å². The molecule has 2 N–H and O–H groups in total. The molecular weight excluding hydrogens is 280 g/mol. The minimum absolute atomic E-state index is 0.103. The Balaban J connectivity index is 2.83. The minimum Gasteiger partial charge on any atom is -0.394 e. The molecule has 0 amide bonds. The van der Waals surface area contributed by atoms with Gasteiger partial charge in [0.15, 0.2) is 6.23 Å². The molecule has 0 aliphatic rings. The molecule has 21 heavy (non-hydrogen) atoms. The van der Waals surface area contributed by atoms with E-state index in [9.17, 15) is 14.7 Å². The number of aliphatic hydroxyl groups is 1. The van der Waals surface area contributed by atoms with Crippen LogP contribution in [0.3, 0.4) is 0 Å². The lowest BCUT2D eigenvalue weighted by molar-refractivity contribution is -0.114. The Morgan fingerprint density at radius 3 is 2.71 bits per heavy atom. The Kier molecular flexibility index (Phi) is 7.91. The van der Waals surface area contributed by atoms with Crippen molar-refractivity contribution in [2.24, 2.45) is 0 Å². The first-order chi connectivity index (χ1) is 10.1. The van der Waals surface area contributed by atoms with Crippen molar-refractivity contribution < 1.29 is 19.3 Å². The SMILES string of the molecule is CC[C@H](CO)O[C@H](COCCOC)n1ccc(=O)[nH]c1=O. The summed E-state index contributed by atoms with van der Waals surface area (Å²) in [6, 6.07) is 1.23. The summed E-state index contributed by atoms with van der Waals surface area (Å²) < 4.78 is 17.1. The molecule has 0 radical (unpaired) electrons. The van der Waals surface area contributed by atoms with Crippen LogP contribution in [-0.2, 0) is 14.2 Å². The van der Waals surface area contributed by atoms with Crippen molar-refractivity contribution >= 4 is 0 Å². The molecule has 8 nitrogen and oxygen atoms in total. The second kappa shape index (κ2) is 9.46. The summed E-state index contributed by atoms with van der Waals surface area (Å²) >= 11 is 0. The molecule has 0 saturated carbocycles. The summed E-state index contributed by atoms with van der Waals surface area (Å²) in [6.07, 6.45) is 0.779. The molecule has 0 aliphatic carbocycles. The van der Waals surface area contributed by atoms with Crippen LogP contribution in [0.2, 0.25) is 0 Å². The quantitative estimate of drug-likeness (QED) is 0.564. The van der Waals surface area contributed by atoms with Crippen LogP contribution in [0.4, 0.5) is 0 Å². The average molecular weight is 302 g/mol. The third-order valence-electron chi connectivity index (χ3n) is 2.86. The van der Waals surface area contributed by atoms with Crippen LogP contribution in [0.15, 0.2) is 21.9 Å². The van der Waals surface area contributed by atoms with Crippen molar-refractivity contribution in [3.8, 4) is 0 Å². The van der Waals surface area contributed by atoms with Crippen molar-refractivity contribution in [2.45, 2.75) is 25.7 Å². The summed E-state index contributed by atoms with van der Waals surface area (Å²) in [5.41, 5.74) is -1.07. The van der Waals surface area contributed by atoms with Gasteiger partial charge in [-0.15, -0.1) is 0 Å². The van der Waals surface area contributed by atoms with E-state index in [2.05, 4.69) is 4.98 Å². The predicted octanol–water partition coefficient (Wildman–Crippen LogP) is -0.514. The molecule has 1 heterocycles. The summed E-state index contributed by atoms with van der Waals surface area (Å²) in [7, 11) is 1.56. The number of hydrogen-bond acceptors (Lipinski definition) is 6. The average Bonchev–Trinajstić information content (AvgIpc) is 2.47. The lowest BCUT2D eigenvalue weighted by Gasteiger charge is -2.24. The molecule has 0 fully saturated rings. The molecule has 1 rings (SSSR count). The van der Waals surface area contributed by atoms with Crippen LogP contribution in [0, 0.1) is 0 Å². The highest BCUT2D eigenvalue weighted by Gasteiger charge is 2.18. The molecule has 0 aromatic carbocycles. The zero-order valence-corrected chi connectivity index (χ0v) is 12.3. The van der Waals surface area contributed by atoms with E-state index in [0.717, 1.165) is 0 Å². The van der Waals surface area contributed by atoms with Gasteiger partial charge < -0.3 is 19.3 Å². The second-order valence-corrected chi connectivity index (χ2v) is 4.39. The van der Waals surface area contributed by atoms with E-state index in [-0.39, 0.29) is 13.2 Å². The van der Waals surface area contributed by atoms with Gasteiger partial charge in [-0.05, 0) is 6.42 Å². The highest BCUT2D eigenvalue weighted by atomic mass is 16.6. The minimum atomic E-state index is -0.733. The first-order valence-electron chi connectivity index (χ1n) is 6.76. The number of nitrogens with zero attached hydrogens (tertiary/aromatic N) is 1. The third-order valence-corrected chi connectivity index (χ3v) is 2.86. The topological polar surface area (TPSA) is 103 Å². The Morgan fingerprint density at radius 1 is 1.38 bits per heavy atom. The largest absolute Gasteiger partial charge is 0.394 e. The van der Waals surface area contributed by atoms with Crippen molar-refractivity contribution in [3.63, 3.8) is 0 Å². The van der Waals surface area contributed by atoms with Gasteiger partial charge in [-0.1, -0.05) is 6.92 Å². The van der Waals surface area contributed by atoms with Gasteiger partial charge in [-0.2, -0.15) is 0 Å². The number of aromatic amines is 1. The fourth-order valence-electron chi connectivity index (χ4n) is 1.66. The van der Waals surface area contributed by atoms with E-state index in [1.807, 2.05) is 6.92 Å². The number of H-pyrrole nitrogens is 1.